The molecule has 0 atom stereocenters. The molecule has 2 nitrogen and oxygen atoms in total. The van der Waals surface area contributed by atoms with E-state index < -0.39 is 0 Å². The summed E-state index contributed by atoms with van der Waals surface area (Å²) >= 11 is 0. The average molecular weight is 207 g/mol. The van der Waals surface area contributed by atoms with Crippen molar-refractivity contribution in [1.29, 1.82) is 0 Å². The molecule has 0 aromatic carbocycles. The maximum atomic E-state index is 8.91. The molecule has 0 rings (SSSR count). The summed E-state index contributed by atoms with van der Waals surface area (Å²) in [6, 6.07) is 0. The third-order valence-electron chi connectivity index (χ3n) is 2.00. The van der Waals surface area contributed by atoms with Crippen LogP contribution in [0.2, 0.25) is 0 Å². The number of nitrogens with one attached hydrogen (secondary N) is 1. The van der Waals surface area contributed by atoms with E-state index in [-0.39, 0.29) is 6.61 Å². The van der Waals surface area contributed by atoms with Crippen LogP contribution in [-0.4, -0.2) is 18.3 Å². The SMILES string of the molecule is C=C/C(=C\C=C(/C=C)NCCCC)CO. The molecule has 0 spiro atoms. The summed E-state index contributed by atoms with van der Waals surface area (Å²) in [6.45, 7) is 10.4. The van der Waals surface area contributed by atoms with Crippen molar-refractivity contribution in [3.05, 3.63) is 48.7 Å². The van der Waals surface area contributed by atoms with Gasteiger partial charge in [0.05, 0.1) is 6.61 Å². The third-order valence-corrected chi connectivity index (χ3v) is 2.00. The first-order valence-electron chi connectivity index (χ1n) is 5.28. The summed E-state index contributed by atoms with van der Waals surface area (Å²) in [5, 5.41) is 12.2. The molecule has 84 valence electrons. The Balaban J connectivity index is 4.25. The molecule has 0 heterocycles. The Labute approximate surface area is 92.7 Å². The molecule has 2 N–H and O–H groups in total. The summed E-state index contributed by atoms with van der Waals surface area (Å²) < 4.78 is 0. The predicted molar refractivity (Wildman–Crippen MR) is 66.6 cm³/mol. The van der Waals surface area contributed by atoms with E-state index in [4.69, 9.17) is 5.11 Å². The van der Waals surface area contributed by atoms with Gasteiger partial charge in [0.15, 0.2) is 0 Å². The van der Waals surface area contributed by atoms with Gasteiger partial charge in [0.25, 0.3) is 0 Å². The smallest absolute Gasteiger partial charge is 0.0681 e. The highest BCUT2D eigenvalue weighted by molar-refractivity contribution is 5.27. The summed E-state index contributed by atoms with van der Waals surface area (Å²) in [7, 11) is 0. The monoisotopic (exact) mass is 207 g/mol. The molecule has 0 saturated heterocycles. The Morgan fingerprint density at radius 3 is 2.47 bits per heavy atom. The molecule has 0 bridgehead atoms. The van der Waals surface area contributed by atoms with Gasteiger partial charge in [-0.1, -0.05) is 38.7 Å². The van der Waals surface area contributed by atoms with Crippen molar-refractivity contribution in [1.82, 2.24) is 5.32 Å². The molecule has 2 heteroatoms. The Morgan fingerprint density at radius 1 is 1.27 bits per heavy atom. The van der Waals surface area contributed by atoms with Crippen molar-refractivity contribution in [2.24, 2.45) is 0 Å². The van der Waals surface area contributed by atoms with E-state index in [0.29, 0.717) is 0 Å². The van der Waals surface area contributed by atoms with Crippen LogP contribution in [0.1, 0.15) is 19.8 Å². The van der Waals surface area contributed by atoms with Crippen LogP contribution in [0, 0.1) is 0 Å². The van der Waals surface area contributed by atoms with Crippen LogP contribution >= 0.6 is 0 Å². The maximum absolute atomic E-state index is 8.91. The zero-order chi connectivity index (χ0) is 11.5. The Morgan fingerprint density at radius 2 is 2.00 bits per heavy atom. The van der Waals surface area contributed by atoms with Crippen LogP contribution in [-0.2, 0) is 0 Å². The van der Waals surface area contributed by atoms with Crippen molar-refractivity contribution >= 4 is 0 Å². The van der Waals surface area contributed by atoms with Crippen molar-refractivity contribution in [3.8, 4) is 0 Å². The zero-order valence-corrected chi connectivity index (χ0v) is 9.50. The minimum Gasteiger partial charge on any atom is -0.392 e. The highest BCUT2D eigenvalue weighted by atomic mass is 16.3. The molecule has 0 aliphatic heterocycles. The Kier molecular flexibility index (Phi) is 8.49. The second-order valence-electron chi connectivity index (χ2n) is 3.21. The lowest BCUT2D eigenvalue weighted by Gasteiger charge is -2.05. The van der Waals surface area contributed by atoms with Gasteiger partial charge in [0.1, 0.15) is 0 Å². The topological polar surface area (TPSA) is 32.3 Å². The second kappa shape index (κ2) is 9.28. The van der Waals surface area contributed by atoms with Crippen molar-refractivity contribution in [3.63, 3.8) is 0 Å². The normalized spacial score (nSPS) is 12.4. The summed E-state index contributed by atoms with van der Waals surface area (Å²) in [5.41, 5.74) is 1.77. The molecule has 0 aromatic heterocycles. The van der Waals surface area contributed by atoms with Gasteiger partial charge >= 0.3 is 0 Å². The number of hydrogen-bond donors (Lipinski definition) is 2. The number of rotatable bonds is 8. The number of aliphatic hydroxyl groups is 1. The third kappa shape index (κ3) is 6.75. The van der Waals surface area contributed by atoms with Crippen LogP contribution in [0.3, 0.4) is 0 Å². The van der Waals surface area contributed by atoms with E-state index in [1.54, 1.807) is 12.2 Å². The van der Waals surface area contributed by atoms with E-state index in [1.165, 1.54) is 6.42 Å². The molecular formula is C13H21NO. The van der Waals surface area contributed by atoms with Crippen LogP contribution in [0.25, 0.3) is 0 Å². The van der Waals surface area contributed by atoms with Crippen molar-refractivity contribution in [2.45, 2.75) is 19.8 Å². The fourth-order valence-electron chi connectivity index (χ4n) is 0.991. The van der Waals surface area contributed by atoms with E-state index >= 15 is 0 Å². The second-order valence-corrected chi connectivity index (χ2v) is 3.21. The maximum Gasteiger partial charge on any atom is 0.0681 e. The molecule has 0 aliphatic rings. The van der Waals surface area contributed by atoms with Gasteiger partial charge < -0.3 is 10.4 Å². The summed E-state index contributed by atoms with van der Waals surface area (Å²) in [5.74, 6) is 0. The largest absolute Gasteiger partial charge is 0.392 e. The molecular weight excluding hydrogens is 186 g/mol. The van der Waals surface area contributed by atoms with E-state index in [2.05, 4.69) is 25.4 Å². The van der Waals surface area contributed by atoms with Crippen LogP contribution in [0.15, 0.2) is 48.7 Å². The van der Waals surface area contributed by atoms with E-state index in [9.17, 15) is 0 Å². The van der Waals surface area contributed by atoms with E-state index in [1.807, 2.05) is 12.2 Å². The first kappa shape index (κ1) is 13.7. The molecule has 0 radical (unpaired) electrons. The number of allylic oxidation sites excluding steroid dienone is 3. The lowest BCUT2D eigenvalue weighted by molar-refractivity contribution is 0.335. The van der Waals surface area contributed by atoms with Gasteiger partial charge in [-0.2, -0.15) is 0 Å². The predicted octanol–water partition coefficient (Wildman–Crippen LogP) is 2.55. The molecule has 0 aromatic rings. The lowest BCUT2D eigenvalue weighted by Crippen LogP contribution is -2.12. The molecule has 15 heavy (non-hydrogen) atoms. The first-order chi connectivity index (χ1) is 7.28. The Hall–Kier alpha value is -1.28. The molecule has 0 amide bonds. The minimum atomic E-state index is 0.0133. The summed E-state index contributed by atoms with van der Waals surface area (Å²) in [6.07, 6.45) is 9.46. The van der Waals surface area contributed by atoms with Crippen LogP contribution in [0.4, 0.5) is 0 Å². The number of hydrogen-bond acceptors (Lipinski definition) is 2. The highest BCUT2D eigenvalue weighted by Crippen LogP contribution is 1.98. The fourth-order valence-corrected chi connectivity index (χ4v) is 0.991. The lowest BCUT2D eigenvalue weighted by atomic mass is 10.2. The highest BCUT2D eigenvalue weighted by Gasteiger charge is 1.89. The summed E-state index contributed by atoms with van der Waals surface area (Å²) in [4.78, 5) is 0. The van der Waals surface area contributed by atoms with Gasteiger partial charge in [-0.25, -0.2) is 0 Å². The fraction of sp³-hybridized carbons (Fsp3) is 0.385. The van der Waals surface area contributed by atoms with Crippen molar-refractivity contribution in [2.75, 3.05) is 13.2 Å². The van der Waals surface area contributed by atoms with Gasteiger partial charge in [0, 0.05) is 12.2 Å². The standard InChI is InChI=1S/C13H21NO/c1-4-7-10-14-13(6-3)9-8-12(5-2)11-15/h5-6,8-9,14-15H,2-4,7,10-11H2,1H3/b12-8+,13-9+. The van der Waals surface area contributed by atoms with Crippen molar-refractivity contribution < 1.29 is 5.11 Å². The van der Waals surface area contributed by atoms with Crippen LogP contribution < -0.4 is 5.32 Å². The molecule has 0 saturated carbocycles. The zero-order valence-electron chi connectivity index (χ0n) is 9.50. The first-order valence-corrected chi connectivity index (χ1v) is 5.28. The van der Waals surface area contributed by atoms with Crippen LogP contribution in [0.5, 0.6) is 0 Å². The average Bonchev–Trinajstić information content (AvgIpc) is 2.28. The number of unbranched alkanes of at least 4 members (excludes halogenated alkanes) is 1. The van der Waals surface area contributed by atoms with Gasteiger partial charge in [-0.15, -0.1) is 0 Å². The molecule has 0 unspecified atom stereocenters. The number of aliphatic hydroxyl groups excluding tert-OH is 1. The van der Waals surface area contributed by atoms with Gasteiger partial charge in [0.2, 0.25) is 0 Å². The Bertz CT molecular complexity index is 251. The minimum absolute atomic E-state index is 0.0133. The molecule has 0 fully saturated rings. The van der Waals surface area contributed by atoms with E-state index in [0.717, 1.165) is 24.2 Å². The molecule has 0 aliphatic carbocycles. The van der Waals surface area contributed by atoms with Gasteiger partial charge in [-0.3, -0.25) is 0 Å². The quantitative estimate of drug-likeness (QED) is 0.473. The van der Waals surface area contributed by atoms with Gasteiger partial charge in [-0.05, 0) is 24.1 Å².